The lowest BCUT2D eigenvalue weighted by Crippen LogP contribution is -2.27. The van der Waals surface area contributed by atoms with Crippen molar-refractivity contribution in [3.8, 4) is 0 Å². The van der Waals surface area contributed by atoms with Crippen molar-refractivity contribution >= 4 is 11.8 Å². The fraction of sp³-hybridized carbons (Fsp3) is 0.600. The van der Waals surface area contributed by atoms with Crippen LogP contribution in [0.15, 0.2) is 24.3 Å². The number of hydrogen-bond donors (Lipinski definition) is 2. The van der Waals surface area contributed by atoms with Crippen molar-refractivity contribution < 1.29 is 5.11 Å². The third kappa shape index (κ3) is 4.30. The molecule has 0 amide bonds. The van der Waals surface area contributed by atoms with Crippen LogP contribution in [0.3, 0.4) is 0 Å². The molecule has 1 rings (SSSR count). The molecule has 0 bridgehead atoms. The Morgan fingerprint density at radius 2 is 1.83 bits per heavy atom. The molecule has 3 unspecified atom stereocenters. The Balaban J connectivity index is 2.74. The van der Waals surface area contributed by atoms with Crippen molar-refractivity contribution in [3.05, 3.63) is 35.4 Å². The first-order valence-corrected chi connectivity index (χ1v) is 7.59. The van der Waals surface area contributed by atoms with Crippen LogP contribution in [0.4, 0.5) is 0 Å². The molecule has 0 fully saturated rings. The fourth-order valence-corrected chi connectivity index (χ4v) is 3.39. The maximum absolute atomic E-state index is 9.14. The number of aliphatic hydroxyl groups is 1. The second-order valence-electron chi connectivity index (χ2n) is 4.70. The zero-order chi connectivity index (χ0) is 13.5. The van der Waals surface area contributed by atoms with Gasteiger partial charge in [-0.1, -0.05) is 45.0 Å². The molecule has 0 radical (unpaired) electrons. The first-order valence-electron chi connectivity index (χ1n) is 6.64. The average molecular weight is 267 g/mol. The van der Waals surface area contributed by atoms with E-state index in [1.165, 1.54) is 11.1 Å². The lowest BCUT2D eigenvalue weighted by molar-refractivity contribution is 0.299. The molecule has 0 saturated carbocycles. The molecule has 1 aromatic rings. The summed E-state index contributed by atoms with van der Waals surface area (Å²) < 4.78 is 0. The van der Waals surface area contributed by atoms with Gasteiger partial charge >= 0.3 is 0 Å². The van der Waals surface area contributed by atoms with Gasteiger partial charge in [-0.2, -0.15) is 11.8 Å². The van der Waals surface area contributed by atoms with Gasteiger partial charge in [0.1, 0.15) is 0 Å². The first-order chi connectivity index (χ1) is 8.62. The topological polar surface area (TPSA) is 32.3 Å². The van der Waals surface area contributed by atoms with Gasteiger partial charge < -0.3 is 10.4 Å². The van der Waals surface area contributed by atoms with E-state index < -0.39 is 0 Å². The van der Waals surface area contributed by atoms with Crippen LogP contribution in [-0.4, -0.2) is 29.3 Å². The summed E-state index contributed by atoms with van der Waals surface area (Å²) in [5.41, 5.74) is 2.69. The summed E-state index contributed by atoms with van der Waals surface area (Å²) >= 11 is 1.82. The molecular weight excluding hydrogens is 242 g/mol. The number of rotatable bonds is 7. The van der Waals surface area contributed by atoms with Gasteiger partial charge in [-0.3, -0.25) is 0 Å². The largest absolute Gasteiger partial charge is 0.395 e. The van der Waals surface area contributed by atoms with E-state index in [1.54, 1.807) is 0 Å². The van der Waals surface area contributed by atoms with Gasteiger partial charge in [0.05, 0.1) is 6.61 Å². The molecule has 0 heterocycles. The van der Waals surface area contributed by atoms with Crippen molar-refractivity contribution in [2.45, 2.75) is 43.7 Å². The maximum atomic E-state index is 9.14. The van der Waals surface area contributed by atoms with Crippen molar-refractivity contribution in [2.75, 3.05) is 13.7 Å². The van der Waals surface area contributed by atoms with Crippen LogP contribution < -0.4 is 5.32 Å². The van der Waals surface area contributed by atoms with Crippen LogP contribution in [0.2, 0.25) is 0 Å². The molecule has 3 heteroatoms. The molecule has 3 atom stereocenters. The third-order valence-electron chi connectivity index (χ3n) is 3.23. The monoisotopic (exact) mass is 267 g/mol. The van der Waals surface area contributed by atoms with E-state index in [2.05, 4.69) is 50.4 Å². The van der Waals surface area contributed by atoms with E-state index in [1.807, 2.05) is 18.8 Å². The Labute approximate surface area is 115 Å². The van der Waals surface area contributed by atoms with Crippen molar-refractivity contribution in [1.82, 2.24) is 5.32 Å². The zero-order valence-electron chi connectivity index (χ0n) is 11.8. The van der Waals surface area contributed by atoms with E-state index in [-0.39, 0.29) is 11.9 Å². The molecular formula is C15H25NOS. The van der Waals surface area contributed by atoms with Gasteiger partial charge in [-0.15, -0.1) is 0 Å². The second kappa shape index (κ2) is 7.82. The molecule has 0 saturated heterocycles. The minimum Gasteiger partial charge on any atom is -0.395 e. The van der Waals surface area contributed by atoms with Crippen molar-refractivity contribution in [3.63, 3.8) is 0 Å². The summed E-state index contributed by atoms with van der Waals surface area (Å²) in [4.78, 5) is 0. The van der Waals surface area contributed by atoms with Crippen LogP contribution in [0, 0.1) is 0 Å². The van der Waals surface area contributed by atoms with Gasteiger partial charge in [0.25, 0.3) is 0 Å². The highest BCUT2D eigenvalue weighted by molar-refractivity contribution is 8.00. The SMILES string of the molecule is CCc1ccc(C(NC)C(C)SC(C)CO)cc1. The van der Waals surface area contributed by atoms with Gasteiger partial charge in [-0.05, 0) is 24.6 Å². The fourth-order valence-electron chi connectivity index (χ4n) is 2.12. The summed E-state index contributed by atoms with van der Waals surface area (Å²) in [6.45, 7) is 6.69. The van der Waals surface area contributed by atoms with Crippen molar-refractivity contribution in [1.29, 1.82) is 0 Å². The number of thioether (sulfide) groups is 1. The van der Waals surface area contributed by atoms with Gasteiger partial charge in [0.2, 0.25) is 0 Å². The van der Waals surface area contributed by atoms with Crippen LogP contribution in [-0.2, 0) is 6.42 Å². The van der Waals surface area contributed by atoms with E-state index in [0.717, 1.165) is 6.42 Å². The zero-order valence-corrected chi connectivity index (χ0v) is 12.6. The Morgan fingerprint density at radius 3 is 2.28 bits per heavy atom. The van der Waals surface area contributed by atoms with Crippen LogP contribution in [0.5, 0.6) is 0 Å². The predicted molar refractivity (Wildman–Crippen MR) is 81.2 cm³/mol. The third-order valence-corrected chi connectivity index (χ3v) is 4.55. The lowest BCUT2D eigenvalue weighted by atomic mass is 10.0. The van der Waals surface area contributed by atoms with Gasteiger partial charge in [-0.25, -0.2) is 0 Å². The van der Waals surface area contributed by atoms with Crippen molar-refractivity contribution in [2.24, 2.45) is 0 Å². The number of aliphatic hydroxyl groups excluding tert-OH is 1. The van der Waals surface area contributed by atoms with E-state index in [9.17, 15) is 0 Å². The second-order valence-corrected chi connectivity index (χ2v) is 6.52. The summed E-state index contributed by atoms with van der Waals surface area (Å²) in [5, 5.41) is 13.2. The molecule has 1 aromatic carbocycles. The Hall–Kier alpha value is -0.510. The standard InChI is InChI=1S/C15H25NOS/c1-5-13-6-8-14(9-7-13)15(16-4)12(3)18-11(2)10-17/h6-9,11-12,15-17H,5,10H2,1-4H3. The summed E-state index contributed by atoms with van der Waals surface area (Å²) in [7, 11) is 2.00. The number of nitrogens with one attached hydrogen (secondary N) is 1. The number of benzene rings is 1. The Kier molecular flexibility index (Phi) is 6.76. The highest BCUT2D eigenvalue weighted by atomic mass is 32.2. The van der Waals surface area contributed by atoms with Crippen LogP contribution >= 0.6 is 11.8 Å². The van der Waals surface area contributed by atoms with E-state index >= 15 is 0 Å². The summed E-state index contributed by atoms with van der Waals surface area (Å²) in [6, 6.07) is 9.15. The van der Waals surface area contributed by atoms with E-state index in [4.69, 9.17) is 5.11 Å². The molecule has 0 aliphatic heterocycles. The molecule has 102 valence electrons. The van der Waals surface area contributed by atoms with Crippen LogP contribution in [0.1, 0.15) is 37.9 Å². The molecule has 2 N–H and O–H groups in total. The average Bonchev–Trinajstić information content (AvgIpc) is 2.40. The van der Waals surface area contributed by atoms with Gasteiger partial charge in [0, 0.05) is 16.5 Å². The lowest BCUT2D eigenvalue weighted by Gasteiger charge is -2.25. The molecule has 2 nitrogen and oxygen atoms in total. The molecule has 0 spiro atoms. The smallest absolute Gasteiger partial charge is 0.0547 e. The Morgan fingerprint density at radius 1 is 1.22 bits per heavy atom. The predicted octanol–water partition coefficient (Wildman–Crippen LogP) is 3.01. The highest BCUT2D eigenvalue weighted by Gasteiger charge is 2.19. The Bertz CT molecular complexity index is 339. The summed E-state index contributed by atoms with van der Waals surface area (Å²) in [5.74, 6) is 0. The first kappa shape index (κ1) is 15.5. The quantitative estimate of drug-likeness (QED) is 0.796. The maximum Gasteiger partial charge on any atom is 0.0547 e. The number of hydrogen-bond acceptors (Lipinski definition) is 3. The minimum atomic E-state index is 0.236. The normalized spacial score (nSPS) is 16.3. The molecule has 0 aliphatic carbocycles. The minimum absolute atomic E-state index is 0.236. The molecule has 0 aromatic heterocycles. The summed E-state index contributed by atoms with van der Waals surface area (Å²) in [6.07, 6.45) is 1.08. The number of aryl methyl sites for hydroxylation is 1. The molecule has 18 heavy (non-hydrogen) atoms. The highest BCUT2D eigenvalue weighted by Crippen LogP contribution is 2.29. The van der Waals surface area contributed by atoms with E-state index in [0.29, 0.717) is 11.3 Å². The van der Waals surface area contributed by atoms with Crippen LogP contribution in [0.25, 0.3) is 0 Å². The van der Waals surface area contributed by atoms with Gasteiger partial charge in [0.15, 0.2) is 0 Å². The molecule has 0 aliphatic rings.